The molecule has 8 rings (SSSR count). The number of hydrogen-bond donors (Lipinski definition) is 5. The first kappa shape index (κ1) is 57.5. The number of methoxy groups -OCH3 is 1. The van der Waals surface area contributed by atoms with E-state index in [4.69, 9.17) is 35.5 Å². The Morgan fingerprint density at radius 1 is 0.936 bits per heavy atom. The van der Waals surface area contributed by atoms with Crippen LogP contribution in [0.5, 0.6) is 5.75 Å². The first-order valence-corrected chi connectivity index (χ1v) is 27.7. The summed E-state index contributed by atoms with van der Waals surface area (Å²) in [6.07, 6.45) is 4.62. The number of aliphatic hydroxyl groups is 1. The number of benzene rings is 3. The molecule has 2 fully saturated rings. The lowest BCUT2D eigenvalue weighted by atomic mass is 9.85. The second kappa shape index (κ2) is 26.8. The second-order valence-corrected chi connectivity index (χ2v) is 21.9. The summed E-state index contributed by atoms with van der Waals surface area (Å²) in [7, 11) is 3.49. The van der Waals surface area contributed by atoms with Gasteiger partial charge in [0.2, 0.25) is 29.6 Å². The number of para-hydroxylation sites is 1. The topological polar surface area (TPSA) is 226 Å². The highest BCUT2D eigenvalue weighted by Crippen LogP contribution is 2.36. The molecule has 5 N–H and O–H groups in total. The van der Waals surface area contributed by atoms with Crippen LogP contribution in [-0.2, 0) is 39.9 Å². The quantitative estimate of drug-likeness (QED) is 0.0370. The maximum atomic E-state index is 14.0. The number of nitrogens with one attached hydrogen (secondary N) is 4. The summed E-state index contributed by atoms with van der Waals surface area (Å²) in [5, 5.41) is 21.1. The lowest BCUT2D eigenvalue weighted by Gasteiger charge is -2.38. The van der Waals surface area contributed by atoms with Gasteiger partial charge in [0.05, 0.1) is 98.0 Å². The summed E-state index contributed by atoms with van der Waals surface area (Å²) >= 11 is 8.14. The van der Waals surface area contributed by atoms with Crippen LogP contribution in [0.3, 0.4) is 0 Å². The van der Waals surface area contributed by atoms with Crippen LogP contribution in [0.1, 0.15) is 64.1 Å². The molecule has 3 aromatic heterocycles. The number of nitrogens with zero attached hydrogens (tertiary/aromatic N) is 6. The standard InChI is InChI=1S/C57H71ClN10O9S/c1-36-52(78-35-62-36)38-13-11-37(12-14-38)31-60-54(72)47-30-41(69)34-68(47)55(73)53(57(2,3)4)64-49(70)19-23-75-25-27-77-28-26-76-24-20-50(71)66(5)39-17-21-67(22-18-39)40-15-16-46(48(29-40)74-6)63-56-61-33-44(58)51(65-56)43-32-59-45-10-8-7-9-42(43)45/h7-16,29,32-33,35,39,41,47,53,59,69H,17-28,30-31,34H2,1-6H3,(H,60,72)(H,64,70)(H,61,63,65)/t41-,47+,53-/m1/s1. The van der Waals surface area contributed by atoms with Crippen molar-refractivity contribution in [2.24, 2.45) is 5.41 Å². The molecular formula is C57H71ClN10O9S. The van der Waals surface area contributed by atoms with E-state index in [0.29, 0.717) is 41.3 Å². The molecule has 0 unspecified atom stereocenters. The lowest BCUT2D eigenvalue weighted by Crippen LogP contribution is -2.57. The smallest absolute Gasteiger partial charge is 0.246 e. The molecule has 2 saturated heterocycles. The molecule has 78 heavy (non-hydrogen) atoms. The minimum absolute atomic E-state index is 0.0117. The normalized spacial score (nSPS) is 16.3. The maximum absolute atomic E-state index is 14.0. The highest BCUT2D eigenvalue weighted by atomic mass is 35.5. The van der Waals surface area contributed by atoms with Gasteiger partial charge in [0.1, 0.15) is 17.8 Å². The van der Waals surface area contributed by atoms with Gasteiger partial charge in [-0.2, -0.15) is 0 Å². The molecule has 3 atom stereocenters. The van der Waals surface area contributed by atoms with Gasteiger partial charge in [0.15, 0.2) is 0 Å². The van der Waals surface area contributed by atoms with Crippen molar-refractivity contribution in [3.05, 3.63) is 101 Å². The number of hydrogen-bond acceptors (Lipinski definition) is 15. The zero-order valence-corrected chi connectivity index (χ0v) is 46.8. The monoisotopic (exact) mass is 1110 g/mol. The fourth-order valence-corrected chi connectivity index (χ4v) is 10.8. The molecule has 4 amide bonds. The van der Waals surface area contributed by atoms with E-state index in [1.165, 1.54) is 4.90 Å². The van der Waals surface area contributed by atoms with Crippen LogP contribution in [0.25, 0.3) is 32.6 Å². The number of piperidine rings is 1. The van der Waals surface area contributed by atoms with E-state index in [-0.39, 0.29) is 82.5 Å². The predicted octanol–water partition coefficient (Wildman–Crippen LogP) is 7.53. The van der Waals surface area contributed by atoms with Gasteiger partial charge in [-0.25, -0.2) is 15.0 Å². The van der Waals surface area contributed by atoms with Crippen molar-refractivity contribution in [2.75, 3.05) is 83.6 Å². The lowest BCUT2D eigenvalue weighted by molar-refractivity contribution is -0.144. The van der Waals surface area contributed by atoms with Crippen molar-refractivity contribution in [1.82, 2.24) is 40.4 Å². The Balaban J connectivity index is 0.678. The molecule has 0 aliphatic carbocycles. The molecule has 416 valence electrons. The first-order chi connectivity index (χ1) is 37.6. The third-order valence-electron chi connectivity index (χ3n) is 14.2. The number of fused-ring (bicyclic) bond motifs is 1. The molecule has 0 radical (unpaired) electrons. The van der Waals surface area contributed by atoms with E-state index in [1.54, 1.807) is 24.6 Å². The van der Waals surface area contributed by atoms with Gasteiger partial charge in [-0.3, -0.25) is 19.2 Å². The SMILES string of the molecule is COc1cc(N2CCC(N(C)C(=O)CCOCCOCCOCCC(=O)N[C@H](C(=O)N3C[C@H](O)C[C@H]3C(=O)NCc3ccc(-c4scnc4C)cc3)C(C)(C)C)CC2)ccc1Nc1ncc(Cl)c(-c2c[nH]c3ccccc23)n1. The molecule has 5 heterocycles. The Kier molecular flexibility index (Phi) is 19.7. The Morgan fingerprint density at radius 2 is 1.64 bits per heavy atom. The fraction of sp³-hybridized carbons (Fsp3) is 0.456. The molecule has 19 nitrogen and oxygen atoms in total. The van der Waals surface area contributed by atoms with Crippen LogP contribution >= 0.6 is 22.9 Å². The van der Waals surface area contributed by atoms with E-state index >= 15 is 0 Å². The first-order valence-electron chi connectivity index (χ1n) is 26.4. The van der Waals surface area contributed by atoms with E-state index in [2.05, 4.69) is 35.8 Å². The van der Waals surface area contributed by atoms with Crippen LogP contribution in [-0.4, -0.2) is 156 Å². The Bertz CT molecular complexity index is 2990. The number of aryl methyl sites for hydroxylation is 1. The molecule has 6 aromatic rings. The number of carbonyl (C=O) groups excluding carboxylic acids is 4. The highest BCUT2D eigenvalue weighted by Gasteiger charge is 2.44. The molecule has 2 aliphatic rings. The Morgan fingerprint density at radius 3 is 2.33 bits per heavy atom. The maximum Gasteiger partial charge on any atom is 0.246 e. The summed E-state index contributed by atoms with van der Waals surface area (Å²) in [5.74, 6) is -0.113. The number of aliphatic hydroxyl groups excluding tert-OH is 1. The number of likely N-dealkylation sites (tertiary alicyclic amines) is 1. The summed E-state index contributed by atoms with van der Waals surface area (Å²) in [5.41, 5.74) is 8.25. The second-order valence-electron chi connectivity index (χ2n) is 20.7. The van der Waals surface area contributed by atoms with Gasteiger partial charge in [0.25, 0.3) is 0 Å². The van der Waals surface area contributed by atoms with Gasteiger partial charge in [-0.15, -0.1) is 11.3 Å². The molecule has 0 saturated carbocycles. The number of H-pyrrole nitrogens is 1. The number of β-amino-alcohol motifs (C(OH)–C–C–N with tert-alkyl or cyclic N) is 1. The van der Waals surface area contributed by atoms with Crippen molar-refractivity contribution in [2.45, 2.75) is 90.6 Å². The van der Waals surface area contributed by atoms with Crippen molar-refractivity contribution in [3.8, 4) is 27.4 Å². The zero-order chi connectivity index (χ0) is 55.3. The third kappa shape index (κ3) is 14.7. The molecule has 3 aromatic carbocycles. The average molecular weight is 1110 g/mol. The van der Waals surface area contributed by atoms with Gasteiger partial charge >= 0.3 is 0 Å². The number of rotatable bonds is 24. The highest BCUT2D eigenvalue weighted by molar-refractivity contribution is 7.13. The molecule has 2 aliphatic heterocycles. The van der Waals surface area contributed by atoms with Gasteiger partial charge in [-0.1, -0.05) is 74.8 Å². The van der Waals surface area contributed by atoms with Crippen LogP contribution in [0, 0.1) is 12.3 Å². The largest absolute Gasteiger partial charge is 0.494 e. The molecule has 0 bridgehead atoms. The minimum Gasteiger partial charge on any atom is -0.494 e. The van der Waals surface area contributed by atoms with Crippen molar-refractivity contribution in [1.29, 1.82) is 0 Å². The number of carbonyl (C=O) groups is 4. The third-order valence-corrected chi connectivity index (χ3v) is 15.4. The van der Waals surface area contributed by atoms with Crippen LogP contribution in [0.2, 0.25) is 5.02 Å². The summed E-state index contributed by atoms with van der Waals surface area (Å²) in [6.45, 7) is 10.8. The molecule has 0 spiro atoms. The van der Waals surface area contributed by atoms with E-state index in [9.17, 15) is 24.3 Å². The van der Waals surface area contributed by atoms with Crippen LogP contribution in [0.15, 0.2) is 84.6 Å². The number of thiazole rings is 1. The van der Waals surface area contributed by atoms with E-state index < -0.39 is 29.5 Å². The number of aromatic amines is 1. The zero-order valence-electron chi connectivity index (χ0n) is 45.2. The fourth-order valence-electron chi connectivity index (χ4n) is 9.76. The van der Waals surface area contributed by atoms with E-state index in [1.807, 2.05) is 118 Å². The number of amides is 4. The predicted molar refractivity (Wildman–Crippen MR) is 302 cm³/mol. The summed E-state index contributed by atoms with van der Waals surface area (Å²) < 4.78 is 22.8. The number of ether oxygens (including phenoxy) is 4. The Labute approximate surface area is 464 Å². The summed E-state index contributed by atoms with van der Waals surface area (Å²) in [6, 6.07) is 20.1. The van der Waals surface area contributed by atoms with Crippen LogP contribution in [0.4, 0.5) is 17.3 Å². The number of halogens is 1. The number of anilines is 3. The minimum atomic E-state index is -0.942. The number of aromatic nitrogens is 4. The van der Waals surface area contributed by atoms with Crippen LogP contribution < -0.4 is 25.6 Å². The molecule has 21 heteroatoms. The van der Waals surface area contributed by atoms with Gasteiger partial charge < -0.3 is 59.7 Å². The Hall–Kier alpha value is -6.68. The van der Waals surface area contributed by atoms with Crippen molar-refractivity contribution < 1.29 is 43.2 Å². The summed E-state index contributed by atoms with van der Waals surface area (Å²) in [4.78, 5) is 77.1. The van der Waals surface area contributed by atoms with E-state index in [0.717, 1.165) is 69.8 Å². The van der Waals surface area contributed by atoms with Crippen molar-refractivity contribution in [3.63, 3.8) is 0 Å². The molecular weight excluding hydrogens is 1040 g/mol. The van der Waals surface area contributed by atoms with Crippen molar-refractivity contribution >= 4 is 74.8 Å². The average Bonchev–Trinajstić information content (AvgIpc) is 4.21. The van der Waals surface area contributed by atoms with Gasteiger partial charge in [0, 0.05) is 86.5 Å². The van der Waals surface area contributed by atoms with Gasteiger partial charge in [-0.05, 0) is 54.5 Å².